The van der Waals surface area contributed by atoms with Gasteiger partial charge in [0.05, 0.1) is 13.1 Å². The number of aliphatic hydroxyl groups is 1. The van der Waals surface area contributed by atoms with Gasteiger partial charge in [0.2, 0.25) is 5.91 Å². The van der Waals surface area contributed by atoms with E-state index in [0.29, 0.717) is 24.0 Å². The van der Waals surface area contributed by atoms with Crippen LogP contribution in [-0.2, 0) is 15.1 Å². The van der Waals surface area contributed by atoms with Crippen LogP contribution < -0.4 is 0 Å². The largest absolute Gasteiger partial charge is 0.384 e. The van der Waals surface area contributed by atoms with Gasteiger partial charge in [0.1, 0.15) is 5.60 Å². The van der Waals surface area contributed by atoms with E-state index in [0.717, 1.165) is 31.4 Å². The maximum Gasteiger partial charge on any atom is 0.225 e. The molecule has 1 aliphatic carbocycles. The lowest BCUT2D eigenvalue weighted by Crippen LogP contribution is -2.62. The Morgan fingerprint density at radius 1 is 1.36 bits per heavy atom. The molecule has 5 heteroatoms. The zero-order chi connectivity index (χ0) is 15.7. The van der Waals surface area contributed by atoms with E-state index < -0.39 is 5.60 Å². The van der Waals surface area contributed by atoms with Gasteiger partial charge < -0.3 is 14.7 Å². The molecule has 1 aromatic carbocycles. The Morgan fingerprint density at radius 2 is 2.05 bits per heavy atom. The molecule has 1 aromatic rings. The highest BCUT2D eigenvalue weighted by Gasteiger charge is 2.47. The van der Waals surface area contributed by atoms with Crippen LogP contribution in [0, 0.1) is 11.8 Å². The lowest BCUT2D eigenvalue weighted by atomic mass is 9.85. The Bertz CT molecular complexity index is 539. The number of benzene rings is 1. The van der Waals surface area contributed by atoms with Gasteiger partial charge in [0, 0.05) is 24.7 Å². The summed E-state index contributed by atoms with van der Waals surface area (Å²) in [6, 6.07) is 7.19. The van der Waals surface area contributed by atoms with Crippen molar-refractivity contribution in [3.63, 3.8) is 0 Å². The number of carbonyl (C=O) groups is 1. The van der Waals surface area contributed by atoms with Crippen LogP contribution in [0.15, 0.2) is 24.3 Å². The number of carbonyl (C=O) groups excluding carboxylic acids is 1. The molecule has 1 saturated carbocycles. The summed E-state index contributed by atoms with van der Waals surface area (Å²) in [5, 5.41) is 11.3. The molecular weight excluding hydrogens is 302 g/mol. The third-order valence-electron chi connectivity index (χ3n) is 4.89. The highest BCUT2D eigenvalue weighted by molar-refractivity contribution is 6.30. The molecular formula is C17H22ClNO3. The molecule has 22 heavy (non-hydrogen) atoms. The molecule has 2 aliphatic rings. The Balaban J connectivity index is 1.56. The molecule has 0 radical (unpaired) electrons. The van der Waals surface area contributed by atoms with Gasteiger partial charge in [0.25, 0.3) is 0 Å². The summed E-state index contributed by atoms with van der Waals surface area (Å²) in [7, 11) is 1.71. The Kier molecular flexibility index (Phi) is 4.44. The lowest BCUT2D eigenvalue weighted by molar-refractivity contribution is -0.161. The lowest BCUT2D eigenvalue weighted by Gasteiger charge is -2.47. The number of hydrogen-bond donors (Lipinski definition) is 1. The third-order valence-corrected chi connectivity index (χ3v) is 5.14. The van der Waals surface area contributed by atoms with Crippen LogP contribution in [0.5, 0.6) is 0 Å². The van der Waals surface area contributed by atoms with Crippen molar-refractivity contribution in [2.75, 3.05) is 26.8 Å². The van der Waals surface area contributed by atoms with Crippen LogP contribution in [0.25, 0.3) is 0 Å². The van der Waals surface area contributed by atoms with Crippen LogP contribution >= 0.6 is 11.6 Å². The number of nitrogens with zero attached hydrogens (tertiary/aromatic N) is 1. The van der Waals surface area contributed by atoms with Crippen molar-refractivity contribution in [1.29, 1.82) is 0 Å². The summed E-state index contributed by atoms with van der Waals surface area (Å²) in [6.07, 6.45) is 2.89. The first-order chi connectivity index (χ1) is 10.5. The molecule has 2 atom stereocenters. The van der Waals surface area contributed by atoms with Crippen LogP contribution in [-0.4, -0.2) is 42.7 Å². The second-order valence-electron chi connectivity index (χ2n) is 6.56. The van der Waals surface area contributed by atoms with E-state index in [-0.39, 0.29) is 11.8 Å². The van der Waals surface area contributed by atoms with Gasteiger partial charge in [-0.2, -0.15) is 0 Å². The molecule has 1 aliphatic heterocycles. The van der Waals surface area contributed by atoms with Gasteiger partial charge in [-0.05, 0) is 42.9 Å². The zero-order valence-corrected chi connectivity index (χ0v) is 13.6. The highest BCUT2D eigenvalue weighted by atomic mass is 35.5. The molecule has 4 nitrogen and oxygen atoms in total. The van der Waals surface area contributed by atoms with Gasteiger partial charge >= 0.3 is 0 Å². The average molecular weight is 324 g/mol. The molecule has 0 unspecified atom stereocenters. The number of halogens is 1. The fourth-order valence-electron chi connectivity index (χ4n) is 3.63. The van der Waals surface area contributed by atoms with Crippen molar-refractivity contribution >= 4 is 17.5 Å². The molecule has 120 valence electrons. The predicted octanol–water partition coefficient (Wildman–Crippen LogP) is 2.43. The van der Waals surface area contributed by atoms with E-state index in [2.05, 4.69) is 0 Å². The van der Waals surface area contributed by atoms with Crippen molar-refractivity contribution in [1.82, 2.24) is 4.90 Å². The van der Waals surface area contributed by atoms with Crippen molar-refractivity contribution in [3.05, 3.63) is 34.9 Å². The van der Waals surface area contributed by atoms with Crippen LogP contribution in [0.4, 0.5) is 0 Å². The summed E-state index contributed by atoms with van der Waals surface area (Å²) in [6.45, 7) is 1.48. The van der Waals surface area contributed by atoms with Gasteiger partial charge in [-0.15, -0.1) is 0 Å². The van der Waals surface area contributed by atoms with E-state index in [1.807, 2.05) is 12.1 Å². The first-order valence-electron chi connectivity index (χ1n) is 7.78. The minimum absolute atomic E-state index is 0.0925. The summed E-state index contributed by atoms with van der Waals surface area (Å²) >= 11 is 5.87. The van der Waals surface area contributed by atoms with Gasteiger partial charge in [0.15, 0.2) is 0 Å². The monoisotopic (exact) mass is 323 g/mol. The molecule has 1 heterocycles. The fourth-order valence-corrected chi connectivity index (χ4v) is 3.75. The highest BCUT2D eigenvalue weighted by Crippen LogP contribution is 2.37. The molecule has 2 fully saturated rings. The molecule has 0 aromatic heterocycles. The molecule has 1 amide bonds. The summed E-state index contributed by atoms with van der Waals surface area (Å²) in [5.74, 6) is 0.766. The number of amides is 1. The number of likely N-dealkylation sites (tertiary alicyclic amines) is 1. The Morgan fingerprint density at radius 3 is 2.68 bits per heavy atom. The predicted molar refractivity (Wildman–Crippen MR) is 84.6 cm³/mol. The van der Waals surface area contributed by atoms with Gasteiger partial charge in [-0.1, -0.05) is 23.7 Å². The Hall–Kier alpha value is -1.10. The number of hydrogen-bond acceptors (Lipinski definition) is 3. The van der Waals surface area contributed by atoms with Crippen molar-refractivity contribution < 1.29 is 14.6 Å². The van der Waals surface area contributed by atoms with Gasteiger partial charge in [-0.25, -0.2) is 0 Å². The second kappa shape index (κ2) is 6.19. The molecule has 1 saturated heterocycles. The summed E-state index contributed by atoms with van der Waals surface area (Å²) in [4.78, 5) is 14.3. The number of methoxy groups -OCH3 is 1. The van der Waals surface area contributed by atoms with E-state index in [1.165, 1.54) is 0 Å². The number of ether oxygens (including phenoxy) is 1. The van der Waals surface area contributed by atoms with E-state index >= 15 is 0 Å². The quantitative estimate of drug-likeness (QED) is 0.926. The molecule has 0 spiro atoms. The van der Waals surface area contributed by atoms with Crippen molar-refractivity contribution in [2.24, 2.45) is 11.8 Å². The first-order valence-corrected chi connectivity index (χ1v) is 8.16. The maximum atomic E-state index is 12.5. The summed E-state index contributed by atoms with van der Waals surface area (Å²) in [5.41, 5.74) is -0.102. The van der Waals surface area contributed by atoms with E-state index in [1.54, 1.807) is 24.1 Å². The number of β-amino-alcohol motifs (C(OH)–C–C–N with tert-alkyl or cyclic N) is 1. The van der Waals surface area contributed by atoms with Crippen molar-refractivity contribution in [2.45, 2.75) is 24.9 Å². The van der Waals surface area contributed by atoms with Gasteiger partial charge in [-0.3, -0.25) is 4.79 Å². The topological polar surface area (TPSA) is 49.8 Å². The van der Waals surface area contributed by atoms with E-state index in [4.69, 9.17) is 16.3 Å². The van der Waals surface area contributed by atoms with Crippen LogP contribution in [0.2, 0.25) is 5.02 Å². The summed E-state index contributed by atoms with van der Waals surface area (Å²) < 4.78 is 5.18. The maximum absolute atomic E-state index is 12.5. The van der Waals surface area contributed by atoms with Crippen LogP contribution in [0.1, 0.15) is 24.8 Å². The standard InChI is InChI=1S/C17H22ClNO3/c1-22-9-12-2-3-13(8-12)16(20)19-10-17(21,11-19)14-4-6-15(18)7-5-14/h4-7,12-13,21H,2-3,8-11H2,1H3/t12-,13+/m1/s1. The normalized spacial score (nSPS) is 26.8. The molecule has 3 rings (SSSR count). The van der Waals surface area contributed by atoms with E-state index in [9.17, 15) is 9.90 Å². The number of rotatable bonds is 4. The molecule has 0 bridgehead atoms. The third kappa shape index (κ3) is 3.00. The smallest absolute Gasteiger partial charge is 0.225 e. The SMILES string of the molecule is COC[C@@H]1CC[C@H](C(=O)N2CC(O)(c3ccc(Cl)cc3)C2)C1. The van der Waals surface area contributed by atoms with Crippen LogP contribution in [0.3, 0.4) is 0 Å². The minimum Gasteiger partial charge on any atom is -0.384 e. The minimum atomic E-state index is -0.926. The van der Waals surface area contributed by atoms with Crippen molar-refractivity contribution in [3.8, 4) is 0 Å². The zero-order valence-electron chi connectivity index (χ0n) is 12.8. The second-order valence-corrected chi connectivity index (χ2v) is 7.00. The first kappa shape index (κ1) is 15.8. The Labute approximate surface area is 136 Å². The average Bonchev–Trinajstić information content (AvgIpc) is 2.93. The fraction of sp³-hybridized carbons (Fsp3) is 0.588. The molecule has 1 N–H and O–H groups in total.